The van der Waals surface area contributed by atoms with Crippen LogP contribution in [0.15, 0.2) is 35.4 Å². The molecule has 170 valence electrons. The van der Waals surface area contributed by atoms with E-state index in [9.17, 15) is 9.18 Å². The normalized spacial score (nSPS) is 14.7. The second kappa shape index (κ2) is 10.6. The third kappa shape index (κ3) is 5.11. The fraction of sp³-hybridized carbons (Fsp3) is 0.478. The minimum atomic E-state index is -0.470. The smallest absolute Gasteiger partial charge is 0.295 e. The highest BCUT2D eigenvalue weighted by Gasteiger charge is 2.17. The van der Waals surface area contributed by atoms with Gasteiger partial charge in [0.15, 0.2) is 17.3 Å². The number of anilines is 1. The van der Waals surface area contributed by atoms with Gasteiger partial charge in [-0.15, -0.1) is 0 Å². The molecule has 0 spiro atoms. The first-order valence-corrected chi connectivity index (χ1v) is 11.1. The second-order valence-corrected chi connectivity index (χ2v) is 7.86. The topological polar surface area (TPSA) is 91.2 Å². The summed E-state index contributed by atoms with van der Waals surface area (Å²) in [5, 5.41) is 3.24. The summed E-state index contributed by atoms with van der Waals surface area (Å²) in [5.74, 6) is 0.267. The Balaban J connectivity index is 1.69. The molecular formula is C23H28FN5O3. The quantitative estimate of drug-likeness (QED) is 0.510. The predicted molar refractivity (Wildman–Crippen MR) is 120 cm³/mol. The SMILES string of the molecule is CCCOCCn1c(=O)c(NCC2CCOCC2)nc2ccc(-c3ccncc3F)nc21. The van der Waals surface area contributed by atoms with E-state index in [1.54, 1.807) is 22.8 Å². The molecule has 0 aliphatic carbocycles. The standard InChI is InChI=1S/C23H28FN5O3/c1-2-10-31-13-9-29-22-20(4-3-19(28-22)17-5-8-25-15-18(17)24)27-21(23(29)30)26-14-16-6-11-32-12-7-16/h3-5,8,15-16H,2,6-7,9-14H2,1H3,(H,26,27). The summed E-state index contributed by atoms with van der Waals surface area (Å²) >= 11 is 0. The van der Waals surface area contributed by atoms with Gasteiger partial charge in [-0.05, 0) is 43.4 Å². The molecule has 0 amide bonds. The summed E-state index contributed by atoms with van der Waals surface area (Å²) in [4.78, 5) is 26.2. The van der Waals surface area contributed by atoms with Gasteiger partial charge >= 0.3 is 0 Å². The number of hydrogen-bond donors (Lipinski definition) is 1. The Labute approximate surface area is 185 Å². The minimum Gasteiger partial charge on any atom is -0.381 e. The van der Waals surface area contributed by atoms with E-state index >= 15 is 0 Å². The van der Waals surface area contributed by atoms with Gasteiger partial charge in [0.05, 0.1) is 25.0 Å². The van der Waals surface area contributed by atoms with Gasteiger partial charge in [0, 0.05) is 38.1 Å². The van der Waals surface area contributed by atoms with E-state index in [1.807, 2.05) is 6.92 Å². The number of halogens is 1. The molecule has 4 heterocycles. The van der Waals surface area contributed by atoms with Crippen LogP contribution in [0.4, 0.5) is 10.2 Å². The third-order valence-corrected chi connectivity index (χ3v) is 5.55. The Morgan fingerprint density at radius 1 is 1.22 bits per heavy atom. The molecule has 8 nitrogen and oxygen atoms in total. The maximum absolute atomic E-state index is 14.3. The van der Waals surface area contributed by atoms with Crippen molar-refractivity contribution in [1.82, 2.24) is 19.5 Å². The van der Waals surface area contributed by atoms with Crippen molar-refractivity contribution in [2.24, 2.45) is 5.92 Å². The summed E-state index contributed by atoms with van der Waals surface area (Å²) in [7, 11) is 0. The van der Waals surface area contributed by atoms with E-state index in [0.29, 0.717) is 60.5 Å². The van der Waals surface area contributed by atoms with Crippen LogP contribution in [0, 0.1) is 11.7 Å². The van der Waals surface area contributed by atoms with E-state index in [4.69, 9.17) is 9.47 Å². The molecule has 0 radical (unpaired) electrons. The molecule has 3 aromatic heterocycles. The Morgan fingerprint density at radius 3 is 2.84 bits per heavy atom. The molecule has 9 heteroatoms. The molecule has 0 aromatic carbocycles. The molecule has 0 saturated carbocycles. The number of nitrogens with one attached hydrogen (secondary N) is 1. The van der Waals surface area contributed by atoms with Gasteiger partial charge in [0.2, 0.25) is 0 Å². The Bertz CT molecular complexity index is 1110. The van der Waals surface area contributed by atoms with Crippen LogP contribution in [-0.2, 0) is 16.0 Å². The largest absolute Gasteiger partial charge is 0.381 e. The summed E-state index contributed by atoms with van der Waals surface area (Å²) in [6, 6.07) is 5.03. The van der Waals surface area contributed by atoms with Crippen LogP contribution in [0.25, 0.3) is 22.4 Å². The van der Waals surface area contributed by atoms with Gasteiger partial charge in [-0.2, -0.15) is 0 Å². The van der Waals surface area contributed by atoms with Gasteiger partial charge in [-0.1, -0.05) is 6.92 Å². The van der Waals surface area contributed by atoms with Crippen molar-refractivity contribution in [3.8, 4) is 11.3 Å². The van der Waals surface area contributed by atoms with Crippen molar-refractivity contribution >= 4 is 17.0 Å². The molecule has 1 saturated heterocycles. The van der Waals surface area contributed by atoms with Crippen LogP contribution in [0.1, 0.15) is 26.2 Å². The maximum Gasteiger partial charge on any atom is 0.295 e. The van der Waals surface area contributed by atoms with Crippen molar-refractivity contribution < 1.29 is 13.9 Å². The number of pyridine rings is 2. The average Bonchev–Trinajstić information content (AvgIpc) is 2.82. The van der Waals surface area contributed by atoms with Crippen LogP contribution in [0.2, 0.25) is 0 Å². The van der Waals surface area contributed by atoms with Crippen molar-refractivity contribution in [1.29, 1.82) is 0 Å². The number of aromatic nitrogens is 4. The summed E-state index contributed by atoms with van der Waals surface area (Å²) in [6.07, 6.45) is 5.48. The third-order valence-electron chi connectivity index (χ3n) is 5.55. The number of ether oxygens (including phenoxy) is 2. The van der Waals surface area contributed by atoms with Gasteiger partial charge in [-0.25, -0.2) is 14.4 Å². The highest BCUT2D eigenvalue weighted by molar-refractivity contribution is 5.76. The second-order valence-electron chi connectivity index (χ2n) is 7.86. The lowest BCUT2D eigenvalue weighted by Gasteiger charge is -2.22. The van der Waals surface area contributed by atoms with Crippen molar-refractivity contribution in [3.63, 3.8) is 0 Å². The Morgan fingerprint density at radius 2 is 2.06 bits per heavy atom. The molecule has 0 bridgehead atoms. The molecule has 1 aliphatic heterocycles. The van der Waals surface area contributed by atoms with Gasteiger partial charge < -0.3 is 14.8 Å². The first-order valence-electron chi connectivity index (χ1n) is 11.1. The van der Waals surface area contributed by atoms with E-state index in [2.05, 4.69) is 20.3 Å². The first-order chi connectivity index (χ1) is 15.7. The number of nitrogens with zero attached hydrogens (tertiary/aromatic N) is 4. The van der Waals surface area contributed by atoms with Gasteiger partial charge in [-0.3, -0.25) is 14.3 Å². The lowest BCUT2D eigenvalue weighted by Crippen LogP contribution is -2.30. The number of fused-ring (bicyclic) bond motifs is 1. The van der Waals surface area contributed by atoms with Crippen LogP contribution in [0.3, 0.4) is 0 Å². The van der Waals surface area contributed by atoms with Crippen molar-refractivity contribution in [2.75, 3.05) is 38.3 Å². The highest BCUT2D eigenvalue weighted by atomic mass is 19.1. The molecular weight excluding hydrogens is 413 g/mol. The molecule has 1 N–H and O–H groups in total. The Kier molecular flexibility index (Phi) is 7.39. The van der Waals surface area contributed by atoms with Crippen molar-refractivity contribution in [3.05, 3.63) is 46.8 Å². The molecule has 32 heavy (non-hydrogen) atoms. The predicted octanol–water partition coefficient (Wildman–Crippen LogP) is 3.26. The molecule has 0 unspecified atom stereocenters. The fourth-order valence-electron chi connectivity index (χ4n) is 3.77. The highest BCUT2D eigenvalue weighted by Crippen LogP contribution is 2.22. The summed E-state index contributed by atoms with van der Waals surface area (Å²) in [5.41, 5.74) is 1.45. The molecule has 3 aromatic rings. The van der Waals surface area contributed by atoms with E-state index < -0.39 is 5.82 Å². The van der Waals surface area contributed by atoms with E-state index in [1.165, 1.54) is 6.20 Å². The van der Waals surface area contributed by atoms with Gasteiger partial charge in [0.1, 0.15) is 5.52 Å². The zero-order valence-electron chi connectivity index (χ0n) is 18.2. The van der Waals surface area contributed by atoms with E-state index in [-0.39, 0.29) is 5.56 Å². The van der Waals surface area contributed by atoms with Gasteiger partial charge in [0.25, 0.3) is 5.56 Å². The fourth-order valence-corrected chi connectivity index (χ4v) is 3.77. The van der Waals surface area contributed by atoms with Crippen LogP contribution in [0.5, 0.6) is 0 Å². The van der Waals surface area contributed by atoms with Crippen molar-refractivity contribution in [2.45, 2.75) is 32.7 Å². The van der Waals surface area contributed by atoms with Crippen LogP contribution in [-0.4, -0.2) is 52.5 Å². The van der Waals surface area contributed by atoms with Crippen LogP contribution < -0.4 is 10.9 Å². The monoisotopic (exact) mass is 441 g/mol. The maximum atomic E-state index is 14.3. The zero-order valence-corrected chi connectivity index (χ0v) is 18.2. The number of rotatable bonds is 9. The molecule has 0 atom stereocenters. The molecule has 4 rings (SSSR count). The summed E-state index contributed by atoms with van der Waals surface area (Å²) < 4.78 is 26.8. The lowest BCUT2D eigenvalue weighted by atomic mass is 10.0. The molecule has 1 aliphatic rings. The number of hydrogen-bond acceptors (Lipinski definition) is 7. The summed E-state index contributed by atoms with van der Waals surface area (Å²) in [6.45, 7) is 5.51. The lowest BCUT2D eigenvalue weighted by molar-refractivity contribution is 0.0699. The first kappa shape index (κ1) is 22.3. The molecule has 1 fully saturated rings. The van der Waals surface area contributed by atoms with E-state index in [0.717, 1.165) is 38.7 Å². The average molecular weight is 442 g/mol. The zero-order chi connectivity index (χ0) is 22.3. The minimum absolute atomic E-state index is 0.260. The van der Waals surface area contributed by atoms with Crippen LogP contribution >= 0.6 is 0 Å². The Hall–Kier alpha value is -2.91.